The standard InChI is InChI=1S/C27H22FNO7/c1-35-21-12-9-18(28)13-20(21)24(31)22-23(16-7-10-19(30)11-8-16)29(26(33)25(22)32)14-15-3-5-17(6-4-15)27(34)36-2/h3-13,23,30-31H,14H2,1-2H3/b24-22+. The fourth-order valence-corrected chi connectivity index (χ4v) is 4.12. The summed E-state index contributed by atoms with van der Waals surface area (Å²) in [6, 6.07) is 14.6. The molecular formula is C27H22FNO7. The third-order valence-corrected chi connectivity index (χ3v) is 5.89. The molecule has 1 heterocycles. The van der Waals surface area contributed by atoms with Gasteiger partial charge in [-0.05, 0) is 53.6 Å². The number of ketones is 1. The minimum absolute atomic E-state index is 0.0269. The van der Waals surface area contributed by atoms with Gasteiger partial charge in [0.1, 0.15) is 23.1 Å². The van der Waals surface area contributed by atoms with Gasteiger partial charge in [0.25, 0.3) is 11.7 Å². The van der Waals surface area contributed by atoms with E-state index in [1.807, 2.05) is 0 Å². The van der Waals surface area contributed by atoms with Crippen LogP contribution in [0.25, 0.3) is 5.76 Å². The number of aromatic hydroxyl groups is 1. The highest BCUT2D eigenvalue weighted by Crippen LogP contribution is 2.42. The van der Waals surface area contributed by atoms with Crippen LogP contribution in [0.1, 0.15) is 33.1 Å². The number of rotatable bonds is 6. The van der Waals surface area contributed by atoms with Crippen molar-refractivity contribution in [3.63, 3.8) is 0 Å². The summed E-state index contributed by atoms with van der Waals surface area (Å²) in [5.74, 6) is -3.52. The van der Waals surface area contributed by atoms with Crippen molar-refractivity contribution in [3.8, 4) is 11.5 Å². The van der Waals surface area contributed by atoms with Crippen LogP contribution in [0.4, 0.5) is 4.39 Å². The van der Waals surface area contributed by atoms with E-state index in [1.165, 1.54) is 61.6 Å². The lowest BCUT2D eigenvalue weighted by molar-refractivity contribution is -0.140. The quantitative estimate of drug-likeness (QED) is 0.232. The molecule has 1 saturated heterocycles. The summed E-state index contributed by atoms with van der Waals surface area (Å²) >= 11 is 0. The number of phenolic OH excluding ortho intramolecular Hbond substituents is 1. The SMILES string of the molecule is COC(=O)c1ccc(CN2C(=O)C(=O)/C(=C(/O)c3cc(F)ccc3OC)C2c2ccc(O)cc2)cc1. The van der Waals surface area contributed by atoms with Gasteiger partial charge in [-0.25, -0.2) is 9.18 Å². The minimum atomic E-state index is -1.04. The molecule has 0 aliphatic carbocycles. The smallest absolute Gasteiger partial charge is 0.337 e. The molecule has 0 aromatic heterocycles. The lowest BCUT2D eigenvalue weighted by Crippen LogP contribution is -2.29. The second kappa shape index (κ2) is 9.91. The van der Waals surface area contributed by atoms with E-state index < -0.39 is 35.3 Å². The molecule has 1 aliphatic rings. The van der Waals surface area contributed by atoms with Crippen LogP contribution in [0.5, 0.6) is 11.5 Å². The molecule has 1 unspecified atom stereocenters. The van der Waals surface area contributed by atoms with E-state index >= 15 is 0 Å². The molecule has 184 valence electrons. The zero-order valence-electron chi connectivity index (χ0n) is 19.4. The number of halogens is 1. The molecular weight excluding hydrogens is 469 g/mol. The lowest BCUT2D eigenvalue weighted by Gasteiger charge is -2.25. The number of benzene rings is 3. The number of aliphatic hydroxyl groups is 1. The van der Waals surface area contributed by atoms with Gasteiger partial charge in [-0.2, -0.15) is 0 Å². The van der Waals surface area contributed by atoms with Crippen molar-refractivity contribution < 1.29 is 38.5 Å². The highest BCUT2D eigenvalue weighted by atomic mass is 19.1. The van der Waals surface area contributed by atoms with Crippen LogP contribution in [-0.4, -0.2) is 47.0 Å². The van der Waals surface area contributed by atoms with E-state index in [2.05, 4.69) is 0 Å². The van der Waals surface area contributed by atoms with Crippen molar-refractivity contribution in [2.24, 2.45) is 0 Å². The number of carbonyl (C=O) groups excluding carboxylic acids is 3. The van der Waals surface area contributed by atoms with E-state index in [4.69, 9.17) is 9.47 Å². The van der Waals surface area contributed by atoms with Gasteiger partial charge in [-0.1, -0.05) is 24.3 Å². The maximum atomic E-state index is 14.0. The third-order valence-electron chi connectivity index (χ3n) is 5.89. The predicted molar refractivity (Wildman–Crippen MR) is 127 cm³/mol. The third kappa shape index (κ3) is 4.50. The number of carbonyl (C=O) groups is 3. The Morgan fingerprint density at radius 3 is 2.28 bits per heavy atom. The summed E-state index contributed by atoms with van der Waals surface area (Å²) in [6.07, 6.45) is 0. The normalized spacial score (nSPS) is 16.8. The largest absolute Gasteiger partial charge is 0.508 e. The van der Waals surface area contributed by atoms with E-state index in [0.717, 1.165) is 12.1 Å². The molecule has 1 atom stereocenters. The number of phenols is 1. The van der Waals surface area contributed by atoms with Crippen molar-refractivity contribution in [1.29, 1.82) is 0 Å². The molecule has 1 fully saturated rings. The number of ether oxygens (including phenoxy) is 2. The van der Waals surface area contributed by atoms with Gasteiger partial charge in [0.05, 0.1) is 37.0 Å². The van der Waals surface area contributed by atoms with Crippen LogP contribution in [0, 0.1) is 5.82 Å². The summed E-state index contributed by atoms with van der Waals surface area (Å²) < 4.78 is 24.0. The minimum Gasteiger partial charge on any atom is -0.508 e. The van der Waals surface area contributed by atoms with Crippen LogP contribution in [0.15, 0.2) is 72.3 Å². The molecule has 9 heteroatoms. The first-order chi connectivity index (χ1) is 17.2. The van der Waals surface area contributed by atoms with Crippen LogP contribution >= 0.6 is 0 Å². The Balaban J connectivity index is 1.83. The molecule has 36 heavy (non-hydrogen) atoms. The summed E-state index contributed by atoms with van der Waals surface area (Å²) in [5.41, 5.74) is 1.03. The number of likely N-dealkylation sites (tertiary alicyclic amines) is 1. The zero-order valence-corrected chi connectivity index (χ0v) is 19.4. The Bertz CT molecular complexity index is 1360. The molecule has 2 N–H and O–H groups in total. The molecule has 0 bridgehead atoms. The van der Waals surface area contributed by atoms with Crippen molar-refractivity contribution >= 4 is 23.4 Å². The second-order valence-electron chi connectivity index (χ2n) is 8.05. The first kappa shape index (κ1) is 24.5. The topological polar surface area (TPSA) is 113 Å². The molecule has 3 aromatic rings. The summed E-state index contributed by atoms with van der Waals surface area (Å²) in [6.45, 7) is -0.0331. The zero-order chi connectivity index (χ0) is 26.0. The predicted octanol–water partition coefficient (Wildman–Crippen LogP) is 3.95. The summed E-state index contributed by atoms with van der Waals surface area (Å²) in [4.78, 5) is 39.3. The van der Waals surface area contributed by atoms with E-state index in [0.29, 0.717) is 16.7 Å². The van der Waals surface area contributed by atoms with Gasteiger partial charge in [0.2, 0.25) is 0 Å². The number of aliphatic hydroxyl groups excluding tert-OH is 1. The Morgan fingerprint density at radius 2 is 1.67 bits per heavy atom. The van der Waals surface area contributed by atoms with Gasteiger partial charge in [0, 0.05) is 6.54 Å². The maximum Gasteiger partial charge on any atom is 0.337 e. The first-order valence-electron chi connectivity index (χ1n) is 10.8. The maximum absolute atomic E-state index is 14.0. The van der Waals surface area contributed by atoms with Gasteiger partial charge >= 0.3 is 5.97 Å². The van der Waals surface area contributed by atoms with Gasteiger partial charge < -0.3 is 24.6 Å². The Hall–Kier alpha value is -4.66. The van der Waals surface area contributed by atoms with Gasteiger partial charge in [-0.15, -0.1) is 0 Å². The van der Waals surface area contributed by atoms with E-state index in [1.54, 1.807) is 12.1 Å². The molecule has 4 rings (SSSR count). The highest BCUT2D eigenvalue weighted by Gasteiger charge is 2.46. The molecule has 0 saturated carbocycles. The van der Waals surface area contributed by atoms with Crippen molar-refractivity contribution in [2.75, 3.05) is 14.2 Å². The molecule has 1 aliphatic heterocycles. The van der Waals surface area contributed by atoms with Crippen LogP contribution < -0.4 is 4.74 Å². The van der Waals surface area contributed by atoms with Crippen molar-refractivity contribution in [2.45, 2.75) is 12.6 Å². The number of nitrogens with zero attached hydrogens (tertiary/aromatic N) is 1. The average Bonchev–Trinajstić information content (AvgIpc) is 3.13. The first-order valence-corrected chi connectivity index (χ1v) is 10.8. The molecule has 0 spiro atoms. The number of amides is 1. The molecule has 3 aromatic carbocycles. The molecule has 8 nitrogen and oxygen atoms in total. The lowest BCUT2D eigenvalue weighted by atomic mass is 9.94. The molecule has 0 radical (unpaired) electrons. The number of hydrogen-bond acceptors (Lipinski definition) is 7. The number of hydrogen-bond donors (Lipinski definition) is 2. The highest BCUT2D eigenvalue weighted by molar-refractivity contribution is 6.46. The van der Waals surface area contributed by atoms with Crippen molar-refractivity contribution in [1.82, 2.24) is 4.90 Å². The Kier molecular flexibility index (Phi) is 6.73. The summed E-state index contributed by atoms with van der Waals surface area (Å²) in [7, 11) is 2.60. The van der Waals surface area contributed by atoms with Gasteiger partial charge in [-0.3, -0.25) is 9.59 Å². The number of Topliss-reactive ketones (excluding diaryl/α,β-unsaturated/α-hetero) is 1. The number of methoxy groups -OCH3 is 2. The fraction of sp³-hybridized carbons (Fsp3) is 0.148. The Labute approximate surface area is 205 Å². The Morgan fingerprint density at radius 1 is 1.00 bits per heavy atom. The molecule has 1 amide bonds. The second-order valence-corrected chi connectivity index (χ2v) is 8.05. The van der Waals surface area contributed by atoms with Gasteiger partial charge in [0.15, 0.2) is 0 Å². The van der Waals surface area contributed by atoms with E-state index in [9.17, 15) is 29.0 Å². The van der Waals surface area contributed by atoms with Crippen LogP contribution in [0.2, 0.25) is 0 Å². The fourth-order valence-electron chi connectivity index (χ4n) is 4.12. The van der Waals surface area contributed by atoms with Crippen LogP contribution in [0.3, 0.4) is 0 Å². The monoisotopic (exact) mass is 491 g/mol. The summed E-state index contributed by atoms with van der Waals surface area (Å²) in [5, 5.41) is 20.9. The van der Waals surface area contributed by atoms with Crippen LogP contribution in [-0.2, 0) is 20.9 Å². The number of esters is 1. The van der Waals surface area contributed by atoms with Crippen molar-refractivity contribution in [3.05, 3.63) is 100 Å². The van der Waals surface area contributed by atoms with E-state index in [-0.39, 0.29) is 29.2 Å². The average molecular weight is 491 g/mol.